The number of para-hydroxylation sites is 1. The molecule has 0 saturated heterocycles. The first kappa shape index (κ1) is 11.4. The van der Waals surface area contributed by atoms with Gasteiger partial charge in [0.2, 0.25) is 0 Å². The molecule has 0 heterocycles. The van der Waals surface area contributed by atoms with E-state index < -0.39 is 12.7 Å². The summed E-state index contributed by atoms with van der Waals surface area (Å²) >= 11 is 3.20. The Morgan fingerprint density at radius 2 is 1.86 bits per heavy atom. The Kier molecular flexibility index (Phi) is 3.42. The number of nitrogens with zero attached hydrogens (tertiary/aromatic N) is 1. The van der Waals surface area contributed by atoms with Crippen molar-refractivity contribution in [2.75, 3.05) is 18.5 Å². The molecular formula is C9H9BrF3N. The molecule has 0 atom stereocenters. The van der Waals surface area contributed by atoms with Crippen LogP contribution in [0.15, 0.2) is 28.7 Å². The molecule has 14 heavy (non-hydrogen) atoms. The normalized spacial score (nSPS) is 11.5. The van der Waals surface area contributed by atoms with Crippen LogP contribution in [-0.4, -0.2) is 19.8 Å². The molecule has 0 aliphatic carbocycles. The Morgan fingerprint density at radius 3 is 2.36 bits per heavy atom. The van der Waals surface area contributed by atoms with Gasteiger partial charge < -0.3 is 4.90 Å². The molecule has 1 rings (SSSR count). The molecule has 0 aliphatic rings. The van der Waals surface area contributed by atoms with Crippen LogP contribution in [0.3, 0.4) is 0 Å². The van der Waals surface area contributed by atoms with Crippen LogP contribution in [0.1, 0.15) is 0 Å². The van der Waals surface area contributed by atoms with Crippen LogP contribution in [0, 0.1) is 0 Å². The van der Waals surface area contributed by atoms with Gasteiger partial charge >= 0.3 is 6.18 Å². The molecule has 1 nitrogen and oxygen atoms in total. The van der Waals surface area contributed by atoms with Gasteiger partial charge in [-0.2, -0.15) is 13.2 Å². The molecule has 0 aromatic heterocycles. The van der Waals surface area contributed by atoms with E-state index in [9.17, 15) is 13.2 Å². The second kappa shape index (κ2) is 4.21. The highest BCUT2D eigenvalue weighted by atomic mass is 79.9. The zero-order valence-corrected chi connectivity index (χ0v) is 9.06. The van der Waals surface area contributed by atoms with E-state index in [0.29, 0.717) is 10.2 Å². The molecule has 0 fully saturated rings. The summed E-state index contributed by atoms with van der Waals surface area (Å²) in [4.78, 5) is 1.16. The third-order valence-corrected chi connectivity index (χ3v) is 2.35. The van der Waals surface area contributed by atoms with E-state index in [2.05, 4.69) is 15.9 Å². The molecule has 0 amide bonds. The number of halogens is 4. The Balaban J connectivity index is 2.80. The number of rotatable bonds is 2. The average molecular weight is 268 g/mol. The molecule has 0 radical (unpaired) electrons. The van der Waals surface area contributed by atoms with E-state index in [4.69, 9.17) is 0 Å². The standard InChI is InChI=1S/C9H9BrF3N/c1-14(6-9(11,12)13)8-5-3-2-4-7(8)10/h2-5H,6H2,1H3. The van der Waals surface area contributed by atoms with Gasteiger partial charge in [-0.3, -0.25) is 0 Å². The molecule has 1 aromatic carbocycles. The largest absolute Gasteiger partial charge is 0.405 e. The van der Waals surface area contributed by atoms with Gasteiger partial charge in [-0.25, -0.2) is 0 Å². The summed E-state index contributed by atoms with van der Waals surface area (Å²) in [6, 6.07) is 6.81. The number of anilines is 1. The van der Waals surface area contributed by atoms with Gasteiger partial charge in [0, 0.05) is 11.5 Å². The summed E-state index contributed by atoms with van der Waals surface area (Å²) in [5, 5.41) is 0. The molecule has 0 bridgehead atoms. The van der Waals surface area contributed by atoms with Crippen molar-refractivity contribution >= 4 is 21.6 Å². The quantitative estimate of drug-likeness (QED) is 0.794. The number of hydrogen-bond donors (Lipinski definition) is 0. The smallest absolute Gasteiger partial charge is 0.365 e. The SMILES string of the molecule is CN(CC(F)(F)F)c1ccccc1Br. The lowest BCUT2D eigenvalue weighted by Crippen LogP contribution is -2.30. The number of alkyl halides is 3. The van der Waals surface area contributed by atoms with Crippen molar-refractivity contribution in [3.05, 3.63) is 28.7 Å². The predicted molar refractivity (Wildman–Crippen MR) is 53.5 cm³/mol. The van der Waals surface area contributed by atoms with Crippen LogP contribution in [0.2, 0.25) is 0 Å². The van der Waals surface area contributed by atoms with Crippen LogP contribution in [0.5, 0.6) is 0 Å². The Labute approximate surface area is 88.7 Å². The minimum atomic E-state index is -4.18. The Bertz CT molecular complexity index is 311. The fourth-order valence-corrected chi connectivity index (χ4v) is 1.70. The van der Waals surface area contributed by atoms with Crippen molar-refractivity contribution in [1.82, 2.24) is 0 Å². The average Bonchev–Trinajstić information content (AvgIpc) is 2.01. The van der Waals surface area contributed by atoms with Gasteiger partial charge in [0.05, 0.1) is 5.69 Å². The summed E-state index contributed by atoms with van der Waals surface area (Å²) in [6.45, 7) is -0.949. The zero-order chi connectivity index (χ0) is 10.8. The minimum absolute atomic E-state index is 0.532. The topological polar surface area (TPSA) is 3.24 Å². The first-order chi connectivity index (χ1) is 6.40. The van der Waals surface area contributed by atoms with Crippen molar-refractivity contribution < 1.29 is 13.2 Å². The maximum Gasteiger partial charge on any atom is 0.405 e. The molecular weight excluding hydrogens is 259 g/mol. The molecule has 78 valence electrons. The van der Waals surface area contributed by atoms with E-state index in [1.165, 1.54) is 7.05 Å². The lowest BCUT2D eigenvalue weighted by atomic mass is 10.3. The highest BCUT2D eigenvalue weighted by molar-refractivity contribution is 9.10. The number of benzene rings is 1. The van der Waals surface area contributed by atoms with Crippen molar-refractivity contribution in [3.8, 4) is 0 Å². The highest BCUT2D eigenvalue weighted by Crippen LogP contribution is 2.27. The van der Waals surface area contributed by atoms with Crippen LogP contribution < -0.4 is 4.90 Å². The van der Waals surface area contributed by atoms with Crippen LogP contribution in [0.4, 0.5) is 18.9 Å². The minimum Gasteiger partial charge on any atom is -0.365 e. The Morgan fingerprint density at radius 1 is 1.29 bits per heavy atom. The zero-order valence-electron chi connectivity index (χ0n) is 7.48. The van der Waals surface area contributed by atoms with Crippen molar-refractivity contribution in [2.45, 2.75) is 6.18 Å². The molecule has 0 spiro atoms. The second-order valence-electron chi connectivity index (χ2n) is 2.92. The Hall–Kier alpha value is -0.710. The van der Waals surface area contributed by atoms with Gasteiger partial charge in [0.15, 0.2) is 0 Å². The monoisotopic (exact) mass is 267 g/mol. The van der Waals surface area contributed by atoms with E-state index in [1.54, 1.807) is 24.3 Å². The maximum atomic E-state index is 12.1. The summed E-state index contributed by atoms with van der Waals surface area (Å²) in [5.74, 6) is 0. The third-order valence-electron chi connectivity index (χ3n) is 1.68. The lowest BCUT2D eigenvalue weighted by molar-refractivity contribution is -0.119. The molecule has 0 N–H and O–H groups in total. The molecule has 5 heteroatoms. The van der Waals surface area contributed by atoms with Crippen LogP contribution in [-0.2, 0) is 0 Å². The lowest BCUT2D eigenvalue weighted by Gasteiger charge is -2.21. The van der Waals surface area contributed by atoms with Gasteiger partial charge in [0.25, 0.3) is 0 Å². The molecule has 0 saturated carbocycles. The second-order valence-corrected chi connectivity index (χ2v) is 3.78. The summed E-state index contributed by atoms with van der Waals surface area (Å²) in [5.41, 5.74) is 0.532. The van der Waals surface area contributed by atoms with Crippen LogP contribution in [0.25, 0.3) is 0 Å². The van der Waals surface area contributed by atoms with Crippen LogP contribution >= 0.6 is 15.9 Å². The van der Waals surface area contributed by atoms with Gasteiger partial charge in [0.1, 0.15) is 6.54 Å². The van der Waals surface area contributed by atoms with E-state index in [0.717, 1.165) is 4.90 Å². The van der Waals surface area contributed by atoms with Gasteiger partial charge in [-0.15, -0.1) is 0 Å². The maximum absolute atomic E-state index is 12.1. The number of hydrogen-bond acceptors (Lipinski definition) is 1. The van der Waals surface area contributed by atoms with Gasteiger partial charge in [-0.1, -0.05) is 12.1 Å². The van der Waals surface area contributed by atoms with E-state index in [1.807, 2.05) is 0 Å². The summed E-state index contributed by atoms with van der Waals surface area (Å²) in [7, 11) is 1.41. The van der Waals surface area contributed by atoms with Gasteiger partial charge in [-0.05, 0) is 28.1 Å². The predicted octanol–water partition coefficient (Wildman–Crippen LogP) is 3.45. The van der Waals surface area contributed by atoms with Crippen molar-refractivity contribution in [3.63, 3.8) is 0 Å². The first-order valence-electron chi connectivity index (χ1n) is 3.92. The van der Waals surface area contributed by atoms with E-state index in [-0.39, 0.29) is 0 Å². The molecule has 0 unspecified atom stereocenters. The fraction of sp³-hybridized carbons (Fsp3) is 0.333. The molecule has 0 aliphatic heterocycles. The van der Waals surface area contributed by atoms with Crippen molar-refractivity contribution in [1.29, 1.82) is 0 Å². The highest BCUT2D eigenvalue weighted by Gasteiger charge is 2.29. The fourth-order valence-electron chi connectivity index (χ4n) is 1.12. The summed E-state index contributed by atoms with van der Waals surface area (Å²) < 4.78 is 36.9. The molecule has 1 aromatic rings. The third kappa shape index (κ3) is 3.21. The van der Waals surface area contributed by atoms with E-state index >= 15 is 0 Å². The first-order valence-corrected chi connectivity index (χ1v) is 4.72. The summed E-state index contributed by atoms with van der Waals surface area (Å²) in [6.07, 6.45) is -4.18. The van der Waals surface area contributed by atoms with Crippen molar-refractivity contribution in [2.24, 2.45) is 0 Å².